The Balaban J connectivity index is 2.40. The van der Waals surface area contributed by atoms with E-state index in [1.807, 2.05) is 0 Å². The van der Waals surface area contributed by atoms with E-state index in [2.05, 4.69) is 29.0 Å². The number of pyridine rings is 1. The Morgan fingerprint density at radius 1 is 1.44 bits per heavy atom. The standard InChI is InChI=1S/C13H20ClN3O/c1-3-8-17(4-2)9-7-16-13(18)11-5-6-15-10-12(11)14/h5-6,10H,3-4,7-9H2,1-2H3,(H,16,18). The molecule has 0 atom stereocenters. The van der Waals surface area contributed by atoms with Gasteiger partial charge in [0.15, 0.2) is 0 Å². The van der Waals surface area contributed by atoms with Gasteiger partial charge in [-0.15, -0.1) is 0 Å². The number of aromatic nitrogens is 1. The summed E-state index contributed by atoms with van der Waals surface area (Å²) < 4.78 is 0. The quantitative estimate of drug-likeness (QED) is 0.825. The lowest BCUT2D eigenvalue weighted by Crippen LogP contribution is -2.35. The fourth-order valence-electron chi connectivity index (χ4n) is 1.73. The van der Waals surface area contributed by atoms with Gasteiger partial charge in [-0.05, 0) is 25.6 Å². The second-order valence-electron chi connectivity index (χ2n) is 4.05. The predicted octanol–water partition coefficient (Wildman–Crippen LogP) is 2.20. The molecular weight excluding hydrogens is 250 g/mol. The Bertz CT molecular complexity index is 384. The number of hydrogen-bond donors (Lipinski definition) is 1. The third-order valence-corrected chi connectivity index (χ3v) is 3.02. The van der Waals surface area contributed by atoms with Gasteiger partial charge >= 0.3 is 0 Å². The van der Waals surface area contributed by atoms with Crippen LogP contribution < -0.4 is 5.32 Å². The summed E-state index contributed by atoms with van der Waals surface area (Å²) in [7, 11) is 0. The number of hydrogen-bond acceptors (Lipinski definition) is 3. The molecule has 100 valence electrons. The molecule has 18 heavy (non-hydrogen) atoms. The Morgan fingerprint density at radius 3 is 2.83 bits per heavy atom. The van der Waals surface area contributed by atoms with Crippen LogP contribution in [0.2, 0.25) is 5.02 Å². The van der Waals surface area contributed by atoms with E-state index >= 15 is 0 Å². The first-order chi connectivity index (χ1) is 8.69. The third-order valence-electron chi connectivity index (χ3n) is 2.72. The zero-order valence-corrected chi connectivity index (χ0v) is 11.7. The first-order valence-electron chi connectivity index (χ1n) is 6.29. The Morgan fingerprint density at radius 2 is 2.22 bits per heavy atom. The highest BCUT2D eigenvalue weighted by atomic mass is 35.5. The molecule has 0 bridgehead atoms. The molecular formula is C13H20ClN3O. The SMILES string of the molecule is CCCN(CC)CCNC(=O)c1ccncc1Cl. The van der Waals surface area contributed by atoms with Crippen LogP contribution in [-0.2, 0) is 0 Å². The van der Waals surface area contributed by atoms with Crippen molar-refractivity contribution in [1.82, 2.24) is 15.2 Å². The van der Waals surface area contributed by atoms with Crippen LogP contribution in [0, 0.1) is 0 Å². The molecule has 0 aliphatic heterocycles. The van der Waals surface area contributed by atoms with E-state index in [-0.39, 0.29) is 5.91 Å². The first-order valence-corrected chi connectivity index (χ1v) is 6.66. The zero-order valence-electron chi connectivity index (χ0n) is 10.9. The largest absolute Gasteiger partial charge is 0.351 e. The molecule has 0 saturated heterocycles. The van der Waals surface area contributed by atoms with Gasteiger partial charge in [-0.25, -0.2) is 0 Å². The predicted molar refractivity (Wildman–Crippen MR) is 74.0 cm³/mol. The van der Waals surface area contributed by atoms with Crippen LogP contribution in [0.3, 0.4) is 0 Å². The van der Waals surface area contributed by atoms with Crippen LogP contribution in [0.15, 0.2) is 18.5 Å². The number of amides is 1. The molecule has 0 saturated carbocycles. The van der Waals surface area contributed by atoms with Crippen molar-refractivity contribution in [3.8, 4) is 0 Å². The van der Waals surface area contributed by atoms with Crippen molar-refractivity contribution in [3.63, 3.8) is 0 Å². The van der Waals surface area contributed by atoms with Crippen LogP contribution in [0.5, 0.6) is 0 Å². The highest BCUT2D eigenvalue weighted by Crippen LogP contribution is 2.12. The molecule has 0 aliphatic rings. The number of carbonyl (C=O) groups is 1. The fourth-order valence-corrected chi connectivity index (χ4v) is 1.93. The number of likely N-dealkylation sites (N-methyl/N-ethyl adjacent to an activating group) is 1. The van der Waals surface area contributed by atoms with Crippen LogP contribution >= 0.6 is 11.6 Å². The summed E-state index contributed by atoms with van der Waals surface area (Å²) in [5, 5.41) is 3.26. The molecule has 1 N–H and O–H groups in total. The van der Waals surface area contributed by atoms with E-state index in [0.29, 0.717) is 17.1 Å². The van der Waals surface area contributed by atoms with Gasteiger partial charge in [-0.3, -0.25) is 9.78 Å². The average Bonchev–Trinajstić information content (AvgIpc) is 2.38. The molecule has 0 aromatic carbocycles. The van der Waals surface area contributed by atoms with Crippen LogP contribution in [0.25, 0.3) is 0 Å². The first kappa shape index (κ1) is 14.9. The molecule has 1 aromatic rings. The lowest BCUT2D eigenvalue weighted by molar-refractivity contribution is 0.0948. The van der Waals surface area contributed by atoms with Gasteiger partial charge in [0.1, 0.15) is 0 Å². The second kappa shape index (κ2) is 8.06. The summed E-state index contributed by atoms with van der Waals surface area (Å²) in [5.74, 6) is -0.144. The number of rotatable bonds is 7. The molecule has 1 aromatic heterocycles. The minimum atomic E-state index is -0.144. The topological polar surface area (TPSA) is 45.2 Å². The second-order valence-corrected chi connectivity index (χ2v) is 4.45. The van der Waals surface area contributed by atoms with Crippen molar-refractivity contribution in [2.45, 2.75) is 20.3 Å². The van der Waals surface area contributed by atoms with Gasteiger partial charge < -0.3 is 10.2 Å². The van der Waals surface area contributed by atoms with E-state index in [1.165, 1.54) is 6.20 Å². The van der Waals surface area contributed by atoms with Crippen molar-refractivity contribution in [2.75, 3.05) is 26.2 Å². The maximum atomic E-state index is 11.9. The van der Waals surface area contributed by atoms with Crippen LogP contribution in [-0.4, -0.2) is 42.0 Å². The Kier molecular flexibility index (Phi) is 6.68. The smallest absolute Gasteiger partial charge is 0.252 e. The molecule has 0 aliphatic carbocycles. The van der Waals surface area contributed by atoms with Crippen molar-refractivity contribution in [1.29, 1.82) is 0 Å². The fraction of sp³-hybridized carbons (Fsp3) is 0.538. The van der Waals surface area contributed by atoms with Gasteiger partial charge in [-0.1, -0.05) is 25.4 Å². The van der Waals surface area contributed by atoms with Gasteiger partial charge in [-0.2, -0.15) is 0 Å². The number of carbonyl (C=O) groups excluding carboxylic acids is 1. The van der Waals surface area contributed by atoms with Crippen molar-refractivity contribution >= 4 is 17.5 Å². The van der Waals surface area contributed by atoms with Crippen LogP contribution in [0.1, 0.15) is 30.6 Å². The lowest BCUT2D eigenvalue weighted by Gasteiger charge is -2.19. The molecule has 1 rings (SSSR count). The molecule has 0 radical (unpaired) electrons. The van der Waals surface area contributed by atoms with Gasteiger partial charge in [0, 0.05) is 25.5 Å². The minimum absolute atomic E-state index is 0.144. The van der Waals surface area contributed by atoms with Gasteiger partial charge in [0.25, 0.3) is 5.91 Å². The van der Waals surface area contributed by atoms with Crippen molar-refractivity contribution in [2.24, 2.45) is 0 Å². The zero-order chi connectivity index (χ0) is 13.4. The number of nitrogens with one attached hydrogen (secondary N) is 1. The maximum absolute atomic E-state index is 11.9. The van der Waals surface area contributed by atoms with E-state index < -0.39 is 0 Å². The molecule has 1 heterocycles. The normalized spacial score (nSPS) is 10.7. The van der Waals surface area contributed by atoms with Gasteiger partial charge in [0.2, 0.25) is 0 Å². The number of halogens is 1. The summed E-state index contributed by atoms with van der Waals surface area (Å²) in [5.41, 5.74) is 0.477. The highest BCUT2D eigenvalue weighted by Gasteiger charge is 2.09. The monoisotopic (exact) mass is 269 g/mol. The van der Waals surface area contributed by atoms with Crippen molar-refractivity contribution < 1.29 is 4.79 Å². The van der Waals surface area contributed by atoms with Gasteiger partial charge in [0.05, 0.1) is 10.6 Å². The Labute approximate surface area is 113 Å². The van der Waals surface area contributed by atoms with E-state index in [9.17, 15) is 4.79 Å². The maximum Gasteiger partial charge on any atom is 0.252 e. The van der Waals surface area contributed by atoms with E-state index in [1.54, 1.807) is 12.3 Å². The highest BCUT2D eigenvalue weighted by molar-refractivity contribution is 6.33. The number of nitrogens with zero attached hydrogens (tertiary/aromatic N) is 2. The summed E-state index contributed by atoms with van der Waals surface area (Å²) >= 11 is 5.90. The minimum Gasteiger partial charge on any atom is -0.351 e. The Hall–Kier alpha value is -1.13. The summed E-state index contributed by atoms with van der Waals surface area (Å²) in [6.07, 6.45) is 4.17. The summed E-state index contributed by atoms with van der Waals surface area (Å²) in [6, 6.07) is 1.63. The molecule has 1 amide bonds. The summed E-state index contributed by atoms with van der Waals surface area (Å²) in [4.78, 5) is 18.0. The molecule has 0 unspecified atom stereocenters. The van der Waals surface area contributed by atoms with Crippen molar-refractivity contribution in [3.05, 3.63) is 29.0 Å². The molecule has 0 spiro atoms. The van der Waals surface area contributed by atoms with E-state index in [4.69, 9.17) is 11.6 Å². The average molecular weight is 270 g/mol. The third kappa shape index (κ3) is 4.63. The molecule has 4 nitrogen and oxygen atoms in total. The lowest BCUT2D eigenvalue weighted by atomic mass is 10.2. The van der Waals surface area contributed by atoms with Crippen LogP contribution in [0.4, 0.5) is 0 Å². The summed E-state index contributed by atoms with van der Waals surface area (Å²) in [6.45, 7) is 7.82. The molecule has 5 heteroatoms. The molecule has 0 fully saturated rings. The van der Waals surface area contributed by atoms with E-state index in [0.717, 1.165) is 26.1 Å².